The van der Waals surface area contributed by atoms with Crippen LogP contribution in [0.15, 0.2) is 24.3 Å². The molecule has 0 bridgehead atoms. The molecule has 3 nitrogen and oxygen atoms in total. The van der Waals surface area contributed by atoms with E-state index < -0.39 is 23.7 Å². The van der Waals surface area contributed by atoms with Crippen molar-refractivity contribution < 1.29 is 18.7 Å². The molecule has 1 unspecified atom stereocenters. The summed E-state index contributed by atoms with van der Waals surface area (Å²) in [5, 5.41) is 9.10. The molecule has 0 heterocycles. The first kappa shape index (κ1) is 11.8. The Morgan fingerprint density at radius 2 is 1.88 bits per heavy atom. The molecule has 17 heavy (non-hydrogen) atoms. The second-order valence-electron chi connectivity index (χ2n) is 4.50. The fourth-order valence-corrected chi connectivity index (χ4v) is 2.15. The molecule has 1 aromatic rings. The lowest BCUT2D eigenvalue weighted by molar-refractivity contribution is -0.142. The number of benzene rings is 1. The van der Waals surface area contributed by atoms with Crippen LogP contribution in [0.2, 0.25) is 0 Å². The minimum absolute atomic E-state index is 0.183. The van der Waals surface area contributed by atoms with Crippen LogP contribution in [0, 0.1) is 0 Å². The summed E-state index contributed by atoms with van der Waals surface area (Å²) < 4.78 is 26.9. The SMILES string of the molecule is CN(C)c1ccccc1C1(C(=O)O)CC1(F)F. The Bertz CT molecular complexity index is 473. The summed E-state index contributed by atoms with van der Waals surface area (Å²) in [6.45, 7) is 0. The Balaban J connectivity index is 2.58. The van der Waals surface area contributed by atoms with Crippen molar-refractivity contribution in [3.63, 3.8) is 0 Å². The van der Waals surface area contributed by atoms with Gasteiger partial charge < -0.3 is 10.0 Å². The van der Waals surface area contributed by atoms with Gasteiger partial charge >= 0.3 is 5.97 Å². The normalized spacial score (nSPS) is 25.4. The zero-order valence-electron chi connectivity index (χ0n) is 9.58. The molecule has 1 saturated carbocycles. The van der Waals surface area contributed by atoms with E-state index in [0.717, 1.165) is 0 Å². The molecule has 0 amide bonds. The summed E-state index contributed by atoms with van der Waals surface area (Å²) in [5.74, 6) is -4.62. The molecule has 0 spiro atoms. The van der Waals surface area contributed by atoms with Crippen LogP contribution in [0.1, 0.15) is 12.0 Å². The zero-order chi connectivity index (χ0) is 12.8. The summed E-state index contributed by atoms with van der Waals surface area (Å²) >= 11 is 0. The van der Waals surface area contributed by atoms with E-state index in [1.165, 1.54) is 6.07 Å². The minimum Gasteiger partial charge on any atom is -0.480 e. The molecule has 0 saturated heterocycles. The van der Waals surface area contributed by atoms with E-state index in [9.17, 15) is 13.6 Å². The number of alkyl halides is 2. The Morgan fingerprint density at radius 3 is 2.29 bits per heavy atom. The van der Waals surface area contributed by atoms with Crippen LogP contribution in [0.5, 0.6) is 0 Å². The molecule has 1 atom stereocenters. The van der Waals surface area contributed by atoms with Crippen molar-refractivity contribution >= 4 is 11.7 Å². The summed E-state index contributed by atoms with van der Waals surface area (Å²) in [6, 6.07) is 6.40. The number of carboxylic acids is 1. The maximum absolute atomic E-state index is 13.4. The molecule has 1 aliphatic carbocycles. The Hall–Kier alpha value is -1.65. The van der Waals surface area contributed by atoms with Crippen molar-refractivity contribution in [2.24, 2.45) is 0 Å². The lowest BCUT2D eigenvalue weighted by Gasteiger charge is -2.21. The van der Waals surface area contributed by atoms with E-state index in [0.29, 0.717) is 5.69 Å². The minimum atomic E-state index is -3.16. The van der Waals surface area contributed by atoms with Crippen molar-refractivity contribution in [1.29, 1.82) is 0 Å². The molecule has 1 fully saturated rings. The lowest BCUT2D eigenvalue weighted by atomic mass is 9.93. The first-order valence-electron chi connectivity index (χ1n) is 5.21. The summed E-state index contributed by atoms with van der Waals surface area (Å²) in [5.41, 5.74) is -1.34. The zero-order valence-corrected chi connectivity index (χ0v) is 9.58. The van der Waals surface area contributed by atoms with Gasteiger partial charge in [0.2, 0.25) is 0 Å². The molecule has 1 N–H and O–H groups in total. The number of rotatable bonds is 3. The average Bonchev–Trinajstić information content (AvgIpc) is 2.83. The molecule has 1 aliphatic rings. The third kappa shape index (κ3) is 1.49. The largest absolute Gasteiger partial charge is 0.480 e. The molecule has 0 aliphatic heterocycles. The summed E-state index contributed by atoms with van der Waals surface area (Å²) in [6.07, 6.45) is -0.625. The van der Waals surface area contributed by atoms with Crippen LogP contribution in [-0.4, -0.2) is 31.1 Å². The first-order chi connectivity index (χ1) is 7.83. The van der Waals surface area contributed by atoms with Crippen LogP contribution >= 0.6 is 0 Å². The number of halogens is 2. The van der Waals surface area contributed by atoms with Crippen LogP contribution in [0.3, 0.4) is 0 Å². The number of hydrogen-bond acceptors (Lipinski definition) is 2. The Morgan fingerprint density at radius 1 is 1.35 bits per heavy atom. The maximum atomic E-state index is 13.4. The third-order valence-electron chi connectivity index (χ3n) is 3.20. The smallest absolute Gasteiger partial charge is 0.320 e. The van der Waals surface area contributed by atoms with Crippen molar-refractivity contribution in [3.05, 3.63) is 29.8 Å². The number of carbonyl (C=O) groups is 1. The number of anilines is 1. The van der Waals surface area contributed by atoms with Gasteiger partial charge in [0.1, 0.15) is 0 Å². The number of hydrogen-bond donors (Lipinski definition) is 1. The van der Waals surface area contributed by atoms with Gasteiger partial charge in [-0.1, -0.05) is 18.2 Å². The molecule has 1 aromatic carbocycles. The first-order valence-corrected chi connectivity index (χ1v) is 5.21. The van der Waals surface area contributed by atoms with E-state index in [1.54, 1.807) is 37.2 Å². The molecular formula is C12H13F2NO2. The molecule has 2 rings (SSSR count). The van der Waals surface area contributed by atoms with Crippen molar-refractivity contribution in [2.45, 2.75) is 17.8 Å². The van der Waals surface area contributed by atoms with Crippen LogP contribution in [-0.2, 0) is 10.2 Å². The van der Waals surface area contributed by atoms with E-state index >= 15 is 0 Å². The predicted molar refractivity (Wildman–Crippen MR) is 59.6 cm³/mol. The molecule has 5 heteroatoms. The van der Waals surface area contributed by atoms with Gasteiger partial charge in [0.05, 0.1) is 0 Å². The fourth-order valence-electron chi connectivity index (χ4n) is 2.15. The van der Waals surface area contributed by atoms with Crippen molar-refractivity contribution in [2.75, 3.05) is 19.0 Å². The fraction of sp³-hybridized carbons (Fsp3) is 0.417. The quantitative estimate of drug-likeness (QED) is 0.881. The van der Waals surface area contributed by atoms with Gasteiger partial charge in [-0.25, -0.2) is 8.78 Å². The number of carboxylic acid groups (broad SMARTS) is 1. The third-order valence-corrected chi connectivity index (χ3v) is 3.20. The Labute approximate surface area is 97.7 Å². The second kappa shape index (κ2) is 3.42. The maximum Gasteiger partial charge on any atom is 0.320 e. The lowest BCUT2D eigenvalue weighted by Crippen LogP contribution is -2.29. The highest BCUT2D eigenvalue weighted by molar-refractivity contribution is 5.90. The monoisotopic (exact) mass is 241 g/mol. The van der Waals surface area contributed by atoms with Crippen LogP contribution in [0.25, 0.3) is 0 Å². The summed E-state index contributed by atoms with van der Waals surface area (Å²) in [7, 11) is 3.41. The van der Waals surface area contributed by atoms with Gasteiger partial charge in [0.25, 0.3) is 5.92 Å². The summed E-state index contributed by atoms with van der Waals surface area (Å²) in [4.78, 5) is 12.8. The highest BCUT2D eigenvalue weighted by Gasteiger charge is 2.77. The second-order valence-corrected chi connectivity index (χ2v) is 4.50. The molecule has 0 aromatic heterocycles. The van der Waals surface area contributed by atoms with Gasteiger partial charge in [-0.3, -0.25) is 4.79 Å². The Kier molecular flexibility index (Phi) is 2.38. The number of aliphatic carboxylic acids is 1. The van der Waals surface area contributed by atoms with E-state index in [1.807, 2.05) is 0 Å². The van der Waals surface area contributed by atoms with Crippen molar-refractivity contribution in [3.8, 4) is 0 Å². The standard InChI is InChI=1S/C12H13F2NO2/c1-15(2)9-6-4-3-5-8(9)11(10(16)17)7-12(11,13)14/h3-6H,7H2,1-2H3,(H,16,17). The van der Waals surface area contributed by atoms with Crippen LogP contribution in [0.4, 0.5) is 14.5 Å². The molecule has 0 radical (unpaired) electrons. The highest BCUT2D eigenvalue weighted by atomic mass is 19.3. The topological polar surface area (TPSA) is 40.5 Å². The van der Waals surface area contributed by atoms with Crippen molar-refractivity contribution in [1.82, 2.24) is 0 Å². The van der Waals surface area contributed by atoms with Gasteiger partial charge in [-0.05, 0) is 11.6 Å². The van der Waals surface area contributed by atoms with Gasteiger partial charge in [0, 0.05) is 26.2 Å². The van der Waals surface area contributed by atoms with E-state index in [-0.39, 0.29) is 5.56 Å². The van der Waals surface area contributed by atoms with Gasteiger partial charge in [-0.2, -0.15) is 0 Å². The van der Waals surface area contributed by atoms with Gasteiger partial charge in [0.15, 0.2) is 5.41 Å². The number of nitrogens with zero attached hydrogens (tertiary/aromatic N) is 1. The van der Waals surface area contributed by atoms with E-state index in [4.69, 9.17) is 5.11 Å². The van der Waals surface area contributed by atoms with Gasteiger partial charge in [-0.15, -0.1) is 0 Å². The molecule has 92 valence electrons. The highest BCUT2D eigenvalue weighted by Crippen LogP contribution is 2.63. The van der Waals surface area contributed by atoms with Crippen LogP contribution < -0.4 is 4.90 Å². The van der Waals surface area contributed by atoms with E-state index in [2.05, 4.69) is 0 Å². The average molecular weight is 241 g/mol. The predicted octanol–water partition coefficient (Wildman–Crippen LogP) is 2.11. The molecular weight excluding hydrogens is 228 g/mol. The number of para-hydroxylation sites is 1.